The van der Waals surface area contributed by atoms with Crippen LogP contribution in [0.2, 0.25) is 0 Å². The first kappa shape index (κ1) is 32.2. The Hall–Kier alpha value is -5.17. The van der Waals surface area contributed by atoms with Crippen LogP contribution >= 0.6 is 22.6 Å². The lowest BCUT2D eigenvalue weighted by molar-refractivity contribution is -0.122. The van der Waals surface area contributed by atoms with Crippen LogP contribution < -0.4 is 29.7 Å². The summed E-state index contributed by atoms with van der Waals surface area (Å²) in [5, 5.41) is 5.08. The summed E-state index contributed by atoms with van der Waals surface area (Å²) in [6, 6.07) is 24.1. The van der Waals surface area contributed by atoms with E-state index in [0.717, 1.165) is 21.6 Å². The Morgan fingerprint density at radius 1 is 0.935 bits per heavy atom. The molecule has 11 heteroatoms. The number of ether oxygens (including phenoxy) is 3. The Morgan fingerprint density at radius 3 is 2.39 bits per heavy atom. The highest BCUT2D eigenvalue weighted by Gasteiger charge is 2.37. The van der Waals surface area contributed by atoms with Crippen LogP contribution in [0.1, 0.15) is 22.3 Å². The highest BCUT2D eigenvalue weighted by atomic mass is 127. The van der Waals surface area contributed by atoms with Crippen molar-refractivity contribution in [2.45, 2.75) is 20.5 Å². The van der Waals surface area contributed by atoms with Crippen LogP contribution in [0.25, 0.3) is 6.08 Å². The number of urea groups is 1. The van der Waals surface area contributed by atoms with Gasteiger partial charge in [-0.25, -0.2) is 9.69 Å². The predicted octanol–water partition coefficient (Wildman–Crippen LogP) is 6.18. The Kier molecular flexibility index (Phi) is 10.0. The number of amides is 5. The predicted molar refractivity (Wildman–Crippen MR) is 182 cm³/mol. The Bertz CT molecular complexity index is 1840. The van der Waals surface area contributed by atoms with Gasteiger partial charge in [0.15, 0.2) is 18.1 Å². The Morgan fingerprint density at radius 2 is 1.67 bits per heavy atom. The fourth-order valence-corrected chi connectivity index (χ4v) is 5.45. The SMILES string of the molecule is COc1cc(/C=C2/C(=O)NC(=O)N(c3ccc(OCc4ccccc4)cc3)C2=O)cc(I)c1OCC(=O)Nc1cccc(C)c1C. The molecular formula is C35H30IN3O7. The highest BCUT2D eigenvalue weighted by Crippen LogP contribution is 2.35. The number of aryl methyl sites for hydroxylation is 1. The minimum absolute atomic E-state index is 0.247. The van der Waals surface area contributed by atoms with E-state index in [1.54, 1.807) is 36.4 Å². The molecule has 5 amide bonds. The number of nitrogens with zero attached hydrogens (tertiary/aromatic N) is 1. The lowest BCUT2D eigenvalue weighted by Gasteiger charge is -2.26. The number of benzene rings is 4. The molecule has 4 aromatic rings. The number of anilines is 2. The van der Waals surface area contributed by atoms with Crippen molar-refractivity contribution in [1.82, 2.24) is 5.32 Å². The van der Waals surface area contributed by atoms with Gasteiger partial charge in [0.2, 0.25) is 0 Å². The van der Waals surface area contributed by atoms with Gasteiger partial charge in [0.05, 0.1) is 16.4 Å². The first-order valence-corrected chi connectivity index (χ1v) is 15.3. The molecule has 1 aliphatic heterocycles. The number of halogens is 1. The summed E-state index contributed by atoms with van der Waals surface area (Å²) in [4.78, 5) is 52.5. The molecule has 0 bridgehead atoms. The molecule has 5 rings (SSSR count). The third-order valence-corrected chi connectivity index (χ3v) is 8.04. The summed E-state index contributed by atoms with van der Waals surface area (Å²) in [5.74, 6) is -0.789. The molecule has 4 aromatic carbocycles. The standard InChI is InChI=1S/C35H30IN3O7/c1-21-8-7-11-29(22(21)2)37-31(40)20-46-32-28(36)17-24(18-30(32)44-3)16-27-33(41)38-35(43)39(34(27)42)25-12-14-26(15-13-25)45-19-23-9-5-4-6-10-23/h4-18H,19-20H2,1-3H3,(H,37,40)(H,38,41,43)/b27-16-. The zero-order chi connectivity index (χ0) is 32.8. The molecule has 0 unspecified atom stereocenters. The molecular weight excluding hydrogens is 701 g/mol. The summed E-state index contributed by atoms with van der Waals surface area (Å²) in [5.41, 5.74) is 4.19. The molecule has 1 saturated heterocycles. The number of hydrogen-bond donors (Lipinski definition) is 2. The molecule has 46 heavy (non-hydrogen) atoms. The molecule has 1 aliphatic rings. The van der Waals surface area contributed by atoms with E-state index in [2.05, 4.69) is 10.6 Å². The van der Waals surface area contributed by atoms with E-state index in [-0.39, 0.29) is 23.8 Å². The van der Waals surface area contributed by atoms with Gasteiger partial charge in [0.1, 0.15) is 17.9 Å². The van der Waals surface area contributed by atoms with Crippen LogP contribution in [0.3, 0.4) is 0 Å². The third kappa shape index (κ3) is 7.37. The van der Waals surface area contributed by atoms with Crippen LogP contribution in [0.4, 0.5) is 16.2 Å². The van der Waals surface area contributed by atoms with Gasteiger partial charge in [-0.2, -0.15) is 0 Å². The normalized spacial score (nSPS) is 13.8. The average Bonchev–Trinajstić information content (AvgIpc) is 3.04. The van der Waals surface area contributed by atoms with Crippen molar-refractivity contribution >= 4 is 63.8 Å². The van der Waals surface area contributed by atoms with Gasteiger partial charge >= 0.3 is 6.03 Å². The van der Waals surface area contributed by atoms with Crippen molar-refractivity contribution < 1.29 is 33.4 Å². The van der Waals surface area contributed by atoms with Crippen LogP contribution in [0.5, 0.6) is 17.2 Å². The summed E-state index contributed by atoms with van der Waals surface area (Å²) < 4.78 is 17.7. The summed E-state index contributed by atoms with van der Waals surface area (Å²) >= 11 is 2.02. The Balaban J connectivity index is 1.30. The van der Waals surface area contributed by atoms with E-state index in [0.29, 0.717) is 38.7 Å². The molecule has 0 aromatic heterocycles. The highest BCUT2D eigenvalue weighted by molar-refractivity contribution is 14.1. The van der Waals surface area contributed by atoms with E-state index in [4.69, 9.17) is 14.2 Å². The average molecular weight is 732 g/mol. The summed E-state index contributed by atoms with van der Waals surface area (Å²) in [7, 11) is 1.44. The monoisotopic (exact) mass is 731 g/mol. The maximum Gasteiger partial charge on any atom is 0.335 e. The number of methoxy groups -OCH3 is 1. The zero-order valence-corrected chi connectivity index (χ0v) is 27.4. The number of hydrogen-bond acceptors (Lipinski definition) is 7. The van der Waals surface area contributed by atoms with Crippen LogP contribution in [-0.2, 0) is 21.0 Å². The number of rotatable bonds is 10. The Labute approximate surface area is 279 Å². The molecule has 0 aliphatic carbocycles. The molecule has 1 heterocycles. The van der Waals surface area contributed by atoms with Gasteiger partial charge < -0.3 is 19.5 Å². The number of nitrogens with one attached hydrogen (secondary N) is 2. The van der Waals surface area contributed by atoms with E-state index >= 15 is 0 Å². The fourth-order valence-electron chi connectivity index (χ4n) is 4.66. The molecule has 10 nitrogen and oxygen atoms in total. The number of carbonyl (C=O) groups excluding carboxylic acids is 4. The maximum absolute atomic E-state index is 13.5. The minimum Gasteiger partial charge on any atom is -0.493 e. The molecule has 0 atom stereocenters. The van der Waals surface area contributed by atoms with Crippen molar-refractivity contribution in [1.29, 1.82) is 0 Å². The van der Waals surface area contributed by atoms with Gasteiger partial charge in [-0.05, 0) is 107 Å². The van der Waals surface area contributed by atoms with Crippen molar-refractivity contribution in [2.24, 2.45) is 0 Å². The lowest BCUT2D eigenvalue weighted by Crippen LogP contribution is -2.54. The molecule has 0 spiro atoms. The third-order valence-electron chi connectivity index (χ3n) is 7.23. The summed E-state index contributed by atoms with van der Waals surface area (Å²) in [6.07, 6.45) is 1.37. The number of imide groups is 2. The van der Waals surface area contributed by atoms with E-state index in [9.17, 15) is 19.2 Å². The second-order valence-corrected chi connectivity index (χ2v) is 11.5. The van der Waals surface area contributed by atoms with E-state index < -0.39 is 17.8 Å². The smallest absolute Gasteiger partial charge is 0.335 e. The van der Waals surface area contributed by atoms with Gasteiger partial charge in [-0.3, -0.25) is 19.7 Å². The summed E-state index contributed by atoms with van der Waals surface area (Å²) in [6.45, 7) is 3.98. The van der Waals surface area contributed by atoms with Gasteiger partial charge in [-0.1, -0.05) is 42.5 Å². The van der Waals surface area contributed by atoms with Gasteiger partial charge in [0, 0.05) is 5.69 Å². The fraction of sp³-hybridized carbons (Fsp3) is 0.143. The first-order chi connectivity index (χ1) is 22.1. The largest absolute Gasteiger partial charge is 0.493 e. The van der Waals surface area contributed by atoms with Crippen LogP contribution in [0, 0.1) is 17.4 Å². The molecule has 0 radical (unpaired) electrons. The van der Waals surface area contributed by atoms with Crippen LogP contribution in [-0.4, -0.2) is 37.5 Å². The van der Waals surface area contributed by atoms with Gasteiger partial charge in [-0.15, -0.1) is 0 Å². The number of barbiturate groups is 1. The second kappa shape index (κ2) is 14.3. The van der Waals surface area contributed by atoms with Crippen LogP contribution in [0.15, 0.2) is 90.5 Å². The van der Waals surface area contributed by atoms with Crippen molar-refractivity contribution in [2.75, 3.05) is 23.9 Å². The molecule has 0 saturated carbocycles. The van der Waals surface area contributed by atoms with Crippen molar-refractivity contribution in [3.63, 3.8) is 0 Å². The second-order valence-electron chi connectivity index (χ2n) is 10.3. The molecule has 2 N–H and O–H groups in total. The topological polar surface area (TPSA) is 123 Å². The lowest BCUT2D eigenvalue weighted by atomic mass is 10.1. The van der Waals surface area contributed by atoms with Crippen molar-refractivity contribution in [3.05, 3.63) is 116 Å². The minimum atomic E-state index is -0.861. The van der Waals surface area contributed by atoms with E-state index in [1.165, 1.54) is 13.2 Å². The first-order valence-electron chi connectivity index (χ1n) is 14.2. The maximum atomic E-state index is 13.5. The van der Waals surface area contributed by atoms with Crippen molar-refractivity contribution in [3.8, 4) is 17.2 Å². The van der Waals surface area contributed by atoms with E-state index in [1.807, 2.05) is 85.0 Å². The molecule has 1 fully saturated rings. The number of carbonyl (C=O) groups is 4. The molecule has 234 valence electrons. The quantitative estimate of drug-likeness (QED) is 0.114. The zero-order valence-electron chi connectivity index (χ0n) is 25.3. The van der Waals surface area contributed by atoms with Gasteiger partial charge in [0.25, 0.3) is 17.7 Å².